The van der Waals surface area contributed by atoms with Crippen molar-refractivity contribution in [3.8, 4) is 0 Å². The number of amides is 2. The highest BCUT2D eigenvalue weighted by molar-refractivity contribution is 6.01. The van der Waals surface area contributed by atoms with Gasteiger partial charge in [0.05, 0.1) is 13.1 Å². The normalized spacial score (nSPS) is 7.55. The van der Waals surface area contributed by atoms with E-state index in [0.29, 0.717) is 11.1 Å². The van der Waals surface area contributed by atoms with E-state index in [0.717, 1.165) is 0 Å². The van der Waals surface area contributed by atoms with Gasteiger partial charge in [-0.2, -0.15) is 9.69 Å². The molecule has 0 spiro atoms. The van der Waals surface area contributed by atoms with Crippen LogP contribution in [-0.4, -0.2) is 11.8 Å². The maximum atomic E-state index is 10.7. The van der Waals surface area contributed by atoms with E-state index >= 15 is 0 Å². The lowest BCUT2D eigenvalue weighted by Gasteiger charge is -1.87. The summed E-state index contributed by atoms with van der Waals surface area (Å²) < 4.78 is 0. The van der Waals surface area contributed by atoms with Gasteiger partial charge in [-0.3, -0.25) is 0 Å². The monoisotopic (exact) mass is 334 g/mol. The second kappa shape index (κ2) is 12.1. The predicted octanol–water partition coefficient (Wildman–Crippen LogP) is 4.34. The number of carbonyl (C=O) groups excluding carboxylic acids is 2. The van der Waals surface area contributed by atoms with E-state index in [1.807, 2.05) is 0 Å². The van der Waals surface area contributed by atoms with Crippen molar-refractivity contribution in [1.82, 2.24) is 0 Å². The lowest BCUT2D eigenvalue weighted by molar-refractivity contribution is 0.103. The lowest BCUT2D eigenvalue weighted by atomic mass is 10.2. The number of rotatable bonds is 2. The van der Waals surface area contributed by atoms with E-state index in [2.05, 4.69) is 9.69 Å². The molecule has 0 unspecified atom stereocenters. The fourth-order valence-corrected chi connectivity index (χ4v) is 1.29. The second-order valence-corrected chi connectivity index (χ2v) is 3.57. The van der Waals surface area contributed by atoms with E-state index in [1.54, 1.807) is 60.7 Å². The second-order valence-electron chi connectivity index (χ2n) is 3.57. The number of benzene rings is 2. The van der Waals surface area contributed by atoms with Crippen LogP contribution in [0.5, 0.6) is 0 Å². The predicted molar refractivity (Wildman–Crippen MR) is 89.2 cm³/mol. The third-order valence-electron chi connectivity index (χ3n) is 2.24. The first-order valence-corrected chi connectivity index (χ1v) is 5.62. The highest BCUT2D eigenvalue weighted by atomic mass is 35.5. The van der Waals surface area contributed by atoms with Crippen LogP contribution in [0.1, 0.15) is 20.7 Å². The van der Waals surface area contributed by atoms with Gasteiger partial charge in [0.2, 0.25) is 0 Å². The van der Waals surface area contributed by atoms with Gasteiger partial charge in [0, 0.05) is 11.1 Å². The van der Waals surface area contributed by atoms with Crippen molar-refractivity contribution in [2.24, 2.45) is 0 Å². The van der Waals surface area contributed by atoms with Crippen LogP contribution >= 0.6 is 24.8 Å². The molecule has 112 valence electrons. The molecular formula is C16H12Cl2N2O2. The van der Waals surface area contributed by atoms with Crippen molar-refractivity contribution in [1.29, 1.82) is 0 Å². The van der Waals surface area contributed by atoms with E-state index in [4.69, 9.17) is 13.1 Å². The first-order chi connectivity index (χ1) is 9.69. The molecule has 0 heterocycles. The Bertz CT molecular complexity index is 613. The minimum atomic E-state index is -0.499. The molecule has 22 heavy (non-hydrogen) atoms. The molecule has 4 nitrogen and oxygen atoms in total. The smallest absolute Gasteiger partial charge is 0.311 e. The molecule has 2 aromatic rings. The summed E-state index contributed by atoms with van der Waals surface area (Å²) in [7, 11) is 0. The Morgan fingerprint density at radius 3 is 1.14 bits per heavy atom. The summed E-state index contributed by atoms with van der Waals surface area (Å²) >= 11 is 0. The molecule has 0 aliphatic carbocycles. The van der Waals surface area contributed by atoms with Gasteiger partial charge in [-0.25, -0.2) is 0 Å². The molecule has 0 aliphatic heterocycles. The average Bonchev–Trinajstić information content (AvgIpc) is 2.55. The molecule has 0 fully saturated rings. The highest BCUT2D eigenvalue weighted by Gasteiger charge is 2.00. The first-order valence-electron chi connectivity index (χ1n) is 5.62. The van der Waals surface area contributed by atoms with Gasteiger partial charge in [-0.15, -0.1) is 24.8 Å². The zero-order valence-electron chi connectivity index (χ0n) is 11.3. The summed E-state index contributed by atoms with van der Waals surface area (Å²) in [4.78, 5) is 26.9. The molecule has 0 aliphatic rings. The zero-order chi connectivity index (χ0) is 14.8. The fourth-order valence-electron chi connectivity index (χ4n) is 1.29. The van der Waals surface area contributed by atoms with Crippen LogP contribution in [0.2, 0.25) is 0 Å². The van der Waals surface area contributed by atoms with Gasteiger partial charge in [-0.1, -0.05) is 60.7 Å². The Morgan fingerprint density at radius 2 is 0.909 bits per heavy atom. The van der Waals surface area contributed by atoms with E-state index in [-0.39, 0.29) is 24.8 Å². The van der Waals surface area contributed by atoms with E-state index in [1.165, 1.54) is 0 Å². The molecule has 0 radical (unpaired) electrons. The largest absolute Gasteiger partial charge is 0.385 e. The molecule has 0 bridgehead atoms. The Morgan fingerprint density at radius 1 is 0.636 bits per heavy atom. The van der Waals surface area contributed by atoms with Crippen LogP contribution in [0.25, 0.3) is 9.69 Å². The highest BCUT2D eigenvalue weighted by Crippen LogP contribution is 2.00. The van der Waals surface area contributed by atoms with Crippen LogP contribution in [-0.2, 0) is 0 Å². The van der Waals surface area contributed by atoms with Crippen molar-refractivity contribution in [2.75, 3.05) is 0 Å². The SMILES string of the molecule is Cl.Cl.[C-]#[N+]C(=O)c1ccccc1.[C-]#[N+]C(=O)c1ccccc1. The number of nitrogens with zero attached hydrogens (tertiary/aromatic N) is 2. The Kier molecular flexibility index (Phi) is 11.9. The van der Waals surface area contributed by atoms with Crippen LogP contribution < -0.4 is 0 Å². The van der Waals surface area contributed by atoms with Crippen molar-refractivity contribution in [3.63, 3.8) is 0 Å². The number of hydrogen-bond acceptors (Lipinski definition) is 2. The molecule has 0 saturated heterocycles. The number of hydrogen-bond donors (Lipinski definition) is 0. The molecule has 2 aromatic carbocycles. The topological polar surface area (TPSA) is 42.9 Å². The maximum absolute atomic E-state index is 10.7. The number of halogens is 2. The summed E-state index contributed by atoms with van der Waals surface area (Å²) in [5.41, 5.74) is 0.912. The molecule has 0 saturated carbocycles. The van der Waals surface area contributed by atoms with Gasteiger partial charge < -0.3 is 9.59 Å². The molecule has 2 amide bonds. The van der Waals surface area contributed by atoms with Crippen LogP contribution in [0.15, 0.2) is 60.7 Å². The van der Waals surface area contributed by atoms with Crippen molar-refractivity contribution < 1.29 is 9.59 Å². The van der Waals surface area contributed by atoms with Gasteiger partial charge in [-0.05, 0) is 0 Å². The van der Waals surface area contributed by atoms with Crippen molar-refractivity contribution >= 4 is 36.6 Å². The third-order valence-corrected chi connectivity index (χ3v) is 2.24. The lowest BCUT2D eigenvalue weighted by Crippen LogP contribution is -1.88. The molecular weight excluding hydrogens is 323 g/mol. The van der Waals surface area contributed by atoms with Gasteiger partial charge in [0.15, 0.2) is 0 Å². The molecule has 0 atom stereocenters. The Balaban J connectivity index is 0. The molecule has 0 N–H and O–H groups in total. The minimum absolute atomic E-state index is 0. The third kappa shape index (κ3) is 7.21. The van der Waals surface area contributed by atoms with E-state index < -0.39 is 11.8 Å². The summed E-state index contributed by atoms with van der Waals surface area (Å²) in [5.74, 6) is -0.999. The van der Waals surface area contributed by atoms with Crippen LogP contribution in [0.3, 0.4) is 0 Å². The quantitative estimate of drug-likeness (QED) is 0.767. The molecule has 0 aromatic heterocycles. The fraction of sp³-hybridized carbons (Fsp3) is 0. The minimum Gasteiger partial charge on any atom is -0.311 e. The summed E-state index contributed by atoms with van der Waals surface area (Å²) in [6.45, 7) is 12.8. The zero-order valence-corrected chi connectivity index (χ0v) is 12.9. The van der Waals surface area contributed by atoms with Crippen molar-refractivity contribution in [2.45, 2.75) is 0 Å². The average molecular weight is 335 g/mol. The molecule has 6 heteroatoms. The van der Waals surface area contributed by atoms with E-state index in [9.17, 15) is 9.59 Å². The standard InChI is InChI=1S/2C8H5NO.2ClH/c2*1-9-8(10)7-5-3-2-4-6-7;;/h2*2-6H;2*1H. The number of carbonyl (C=O) groups is 2. The van der Waals surface area contributed by atoms with Gasteiger partial charge >= 0.3 is 11.8 Å². The van der Waals surface area contributed by atoms with Gasteiger partial charge in [0.1, 0.15) is 0 Å². The summed E-state index contributed by atoms with van der Waals surface area (Å²) in [6.07, 6.45) is 0. The summed E-state index contributed by atoms with van der Waals surface area (Å²) in [5, 5.41) is 0. The Hall–Kier alpha value is -2.66. The van der Waals surface area contributed by atoms with Crippen LogP contribution in [0, 0.1) is 13.1 Å². The molecule has 2 rings (SSSR count). The summed E-state index contributed by atoms with van der Waals surface area (Å²) in [6, 6.07) is 17.1. The van der Waals surface area contributed by atoms with Gasteiger partial charge in [0.25, 0.3) is 0 Å². The Labute approximate surface area is 141 Å². The van der Waals surface area contributed by atoms with Crippen molar-refractivity contribution in [3.05, 3.63) is 94.6 Å². The first kappa shape index (κ1) is 21.6. The maximum Gasteiger partial charge on any atom is 0.385 e. The van der Waals surface area contributed by atoms with Crippen LogP contribution in [0.4, 0.5) is 0 Å².